The summed E-state index contributed by atoms with van der Waals surface area (Å²) in [4.78, 5) is 39.2. The third-order valence-electron chi connectivity index (χ3n) is 5.07. The van der Waals surface area contributed by atoms with Crippen molar-refractivity contribution in [3.05, 3.63) is 69.2 Å². The highest BCUT2D eigenvalue weighted by atomic mass is 79.9. The molecule has 0 radical (unpaired) electrons. The zero-order chi connectivity index (χ0) is 24.9. The molecule has 0 aromatic heterocycles. The Morgan fingerprint density at radius 1 is 1.03 bits per heavy atom. The Balaban J connectivity index is 1.98. The largest absolute Gasteiger partial charge is 0.444 e. The van der Waals surface area contributed by atoms with Gasteiger partial charge in [0.05, 0.1) is 12.1 Å². The molecule has 1 fully saturated rings. The molecule has 0 spiro atoms. The fraction of sp³-hybridized carbons (Fsp3) is 0.375. The maximum absolute atomic E-state index is 13.2. The molecule has 1 aliphatic rings. The molecule has 2 aromatic rings. The van der Waals surface area contributed by atoms with Crippen molar-refractivity contribution in [1.82, 2.24) is 20.9 Å². The number of carbonyl (C=O) groups excluding carboxylic acids is 3. The van der Waals surface area contributed by atoms with E-state index in [4.69, 9.17) is 16.3 Å². The Kier molecular flexibility index (Phi) is 8.43. The molecule has 2 unspecified atom stereocenters. The number of hydrogen-bond acceptors (Lipinski definition) is 4. The van der Waals surface area contributed by atoms with Gasteiger partial charge in [0.2, 0.25) is 5.91 Å². The number of hydrogen-bond donors (Lipinski definition) is 3. The lowest BCUT2D eigenvalue weighted by Gasteiger charge is -2.34. The summed E-state index contributed by atoms with van der Waals surface area (Å²) in [6.07, 6.45) is -0.624. The minimum absolute atomic E-state index is 0.0377. The molecular weight excluding hydrogens is 524 g/mol. The Labute approximate surface area is 212 Å². The third kappa shape index (κ3) is 7.36. The molecule has 0 bridgehead atoms. The lowest BCUT2D eigenvalue weighted by Crippen LogP contribution is -2.54. The fourth-order valence-corrected chi connectivity index (χ4v) is 3.92. The van der Waals surface area contributed by atoms with Crippen LogP contribution in [0, 0.1) is 0 Å². The first-order valence-electron chi connectivity index (χ1n) is 10.8. The van der Waals surface area contributed by atoms with Crippen molar-refractivity contribution in [3.63, 3.8) is 0 Å². The van der Waals surface area contributed by atoms with Gasteiger partial charge in [0.15, 0.2) is 0 Å². The Morgan fingerprint density at radius 2 is 1.59 bits per heavy atom. The van der Waals surface area contributed by atoms with Crippen molar-refractivity contribution < 1.29 is 19.1 Å². The number of halogens is 2. The first kappa shape index (κ1) is 25.8. The average Bonchev–Trinajstić information content (AvgIpc) is 2.76. The number of ether oxygens (including phenoxy) is 1. The maximum Gasteiger partial charge on any atom is 0.408 e. The highest BCUT2D eigenvalue weighted by molar-refractivity contribution is 9.10. The monoisotopic (exact) mass is 550 g/mol. The van der Waals surface area contributed by atoms with Crippen LogP contribution in [0.3, 0.4) is 0 Å². The van der Waals surface area contributed by atoms with Crippen LogP contribution in [0.4, 0.5) is 9.59 Å². The van der Waals surface area contributed by atoms with Crippen LogP contribution in [-0.2, 0) is 9.53 Å². The second kappa shape index (κ2) is 11.1. The summed E-state index contributed by atoms with van der Waals surface area (Å²) in [5, 5.41) is 9.18. The van der Waals surface area contributed by atoms with Gasteiger partial charge in [-0.05, 0) is 56.2 Å². The number of nitrogens with one attached hydrogen (secondary N) is 3. The maximum atomic E-state index is 13.2. The highest BCUT2D eigenvalue weighted by Crippen LogP contribution is 2.31. The number of rotatable bonds is 5. The normalized spacial score (nSPS) is 15.7. The Bertz CT molecular complexity index is 1020. The summed E-state index contributed by atoms with van der Waals surface area (Å²) >= 11 is 9.52. The summed E-state index contributed by atoms with van der Waals surface area (Å²) in [6, 6.07) is 12.7. The van der Waals surface area contributed by atoms with E-state index < -0.39 is 29.8 Å². The number of urea groups is 1. The van der Waals surface area contributed by atoms with Crippen molar-refractivity contribution in [2.75, 3.05) is 19.6 Å². The number of alkyl carbamates (subject to hydrolysis) is 1. The summed E-state index contributed by atoms with van der Waals surface area (Å²) < 4.78 is 6.37. The van der Waals surface area contributed by atoms with E-state index in [2.05, 4.69) is 31.9 Å². The van der Waals surface area contributed by atoms with Crippen LogP contribution in [0.15, 0.2) is 53.0 Å². The van der Waals surface area contributed by atoms with Crippen molar-refractivity contribution in [2.45, 2.75) is 38.5 Å². The summed E-state index contributed by atoms with van der Waals surface area (Å²) in [7, 11) is 0. The molecule has 3 rings (SSSR count). The number of benzene rings is 2. The van der Waals surface area contributed by atoms with Gasteiger partial charge in [-0.2, -0.15) is 0 Å². The molecular formula is C24H28BrClN4O4. The van der Waals surface area contributed by atoms with Gasteiger partial charge in [-0.1, -0.05) is 51.8 Å². The molecule has 2 atom stereocenters. The van der Waals surface area contributed by atoms with Crippen LogP contribution in [0.25, 0.3) is 0 Å². The van der Waals surface area contributed by atoms with Crippen LogP contribution in [0.1, 0.15) is 44.0 Å². The van der Waals surface area contributed by atoms with Crippen LogP contribution in [-0.4, -0.2) is 48.2 Å². The molecule has 0 aliphatic carbocycles. The molecule has 1 saturated heterocycles. The molecule has 1 heterocycles. The molecule has 3 N–H and O–H groups in total. The summed E-state index contributed by atoms with van der Waals surface area (Å²) in [6.45, 7) is 6.06. The van der Waals surface area contributed by atoms with Gasteiger partial charge in [-0.25, -0.2) is 9.59 Å². The predicted molar refractivity (Wildman–Crippen MR) is 134 cm³/mol. The van der Waals surface area contributed by atoms with Gasteiger partial charge in [0.25, 0.3) is 0 Å². The number of amides is 4. The number of piperazine rings is 1. The van der Waals surface area contributed by atoms with Gasteiger partial charge in [-0.15, -0.1) is 0 Å². The van der Waals surface area contributed by atoms with E-state index in [-0.39, 0.29) is 12.5 Å². The highest BCUT2D eigenvalue weighted by Gasteiger charge is 2.32. The molecule has 0 saturated carbocycles. The van der Waals surface area contributed by atoms with Crippen LogP contribution in [0.2, 0.25) is 5.02 Å². The fourth-order valence-electron chi connectivity index (χ4n) is 3.53. The van der Waals surface area contributed by atoms with Crippen molar-refractivity contribution in [1.29, 1.82) is 0 Å². The van der Waals surface area contributed by atoms with Gasteiger partial charge >= 0.3 is 12.1 Å². The Hall–Kier alpha value is -2.78. The quantitative estimate of drug-likeness (QED) is 0.508. The van der Waals surface area contributed by atoms with E-state index in [1.165, 1.54) is 4.90 Å². The molecule has 2 aromatic carbocycles. The van der Waals surface area contributed by atoms with E-state index >= 15 is 0 Å². The number of carbonyl (C=O) groups is 3. The zero-order valence-electron chi connectivity index (χ0n) is 19.2. The van der Waals surface area contributed by atoms with Gasteiger partial charge < -0.3 is 25.6 Å². The first-order valence-corrected chi connectivity index (χ1v) is 12.0. The minimum Gasteiger partial charge on any atom is -0.444 e. The molecule has 4 amide bonds. The van der Waals surface area contributed by atoms with E-state index in [0.29, 0.717) is 18.1 Å². The average molecular weight is 552 g/mol. The summed E-state index contributed by atoms with van der Waals surface area (Å²) in [5.74, 6) is -0.220. The van der Waals surface area contributed by atoms with Crippen molar-refractivity contribution in [3.8, 4) is 0 Å². The molecule has 8 nitrogen and oxygen atoms in total. The zero-order valence-corrected chi connectivity index (χ0v) is 21.6. The van der Waals surface area contributed by atoms with Crippen molar-refractivity contribution >= 4 is 45.6 Å². The lowest BCUT2D eigenvalue weighted by molar-refractivity contribution is -0.123. The van der Waals surface area contributed by atoms with E-state index in [0.717, 1.165) is 15.6 Å². The van der Waals surface area contributed by atoms with E-state index in [9.17, 15) is 14.4 Å². The topological polar surface area (TPSA) is 99.8 Å². The Morgan fingerprint density at radius 3 is 2.15 bits per heavy atom. The van der Waals surface area contributed by atoms with Crippen molar-refractivity contribution in [2.24, 2.45) is 0 Å². The van der Waals surface area contributed by atoms with E-state index in [1.807, 2.05) is 24.3 Å². The first-order chi connectivity index (χ1) is 16.0. The van der Waals surface area contributed by atoms with Gasteiger partial charge in [0, 0.05) is 22.6 Å². The van der Waals surface area contributed by atoms with Gasteiger partial charge in [0.1, 0.15) is 12.1 Å². The van der Waals surface area contributed by atoms with Gasteiger partial charge in [-0.3, -0.25) is 4.79 Å². The second-order valence-corrected chi connectivity index (χ2v) is 10.3. The van der Waals surface area contributed by atoms with Crippen LogP contribution >= 0.6 is 27.5 Å². The molecule has 10 heteroatoms. The smallest absolute Gasteiger partial charge is 0.408 e. The van der Waals surface area contributed by atoms with E-state index in [1.54, 1.807) is 45.0 Å². The lowest BCUT2D eigenvalue weighted by atomic mass is 9.93. The van der Waals surface area contributed by atoms with Crippen LogP contribution < -0.4 is 16.0 Å². The molecule has 1 aliphatic heterocycles. The standard InChI is InChI=1S/C24H28BrClN4O4/c1-24(2,3)34-23(33)29-21(16-6-10-18(26)11-7-16)20(15-4-8-17(25)9-5-15)28-22(32)30-13-12-27-19(31)14-30/h4-11,20-21H,12-14H2,1-3H3,(H,27,31)(H,28,32)(H,29,33). The predicted octanol–water partition coefficient (Wildman–Crippen LogP) is 4.55. The number of nitrogens with zero attached hydrogens (tertiary/aromatic N) is 1. The second-order valence-electron chi connectivity index (χ2n) is 8.93. The minimum atomic E-state index is -0.702. The third-order valence-corrected chi connectivity index (χ3v) is 5.85. The van der Waals surface area contributed by atoms with Crippen LogP contribution in [0.5, 0.6) is 0 Å². The summed E-state index contributed by atoms with van der Waals surface area (Å²) in [5.41, 5.74) is 0.778. The molecule has 34 heavy (non-hydrogen) atoms. The SMILES string of the molecule is CC(C)(C)OC(=O)NC(c1ccc(Cl)cc1)C(NC(=O)N1CCNC(=O)C1)c1ccc(Br)cc1. The molecule has 182 valence electrons.